The number of carboxylic acids is 1. The number of benzene rings is 2. The lowest BCUT2D eigenvalue weighted by atomic mass is 9.98. The number of carbonyl (C=O) groups is 3. The van der Waals surface area contributed by atoms with Gasteiger partial charge in [0, 0.05) is 28.6 Å². The monoisotopic (exact) mass is 557 g/mol. The number of aryl methyl sites for hydroxylation is 2. The molecule has 204 valence electrons. The van der Waals surface area contributed by atoms with Crippen molar-refractivity contribution in [3.8, 4) is 10.8 Å². The molecule has 2 aromatic heterocycles. The Morgan fingerprint density at radius 3 is 2.42 bits per heavy atom. The number of rotatable bonds is 6. The first-order valence-electron chi connectivity index (χ1n) is 12.6. The largest absolute Gasteiger partial charge is 0.481 e. The molecule has 2 aromatic carbocycles. The number of para-hydroxylation sites is 1. The van der Waals surface area contributed by atoms with Gasteiger partial charge in [-0.1, -0.05) is 24.3 Å². The van der Waals surface area contributed by atoms with Gasteiger partial charge in [-0.25, -0.2) is 0 Å². The lowest BCUT2D eigenvalue weighted by Gasteiger charge is -2.16. The molecule has 40 heavy (non-hydrogen) atoms. The molecular weight excluding hydrogens is 530 g/mol. The molecule has 1 unspecified atom stereocenters. The van der Waals surface area contributed by atoms with Gasteiger partial charge in [-0.05, 0) is 57.5 Å². The molecule has 0 saturated carbocycles. The highest BCUT2D eigenvalue weighted by Gasteiger charge is 2.36. The number of nitrogens with one attached hydrogen (secondary N) is 1. The summed E-state index contributed by atoms with van der Waals surface area (Å²) in [5, 5.41) is 22.2. The van der Waals surface area contributed by atoms with E-state index in [0.29, 0.717) is 23.0 Å². The van der Waals surface area contributed by atoms with Gasteiger partial charge in [0.25, 0.3) is 5.91 Å². The van der Waals surface area contributed by atoms with Gasteiger partial charge in [-0.15, -0.1) is 21.5 Å². The van der Waals surface area contributed by atoms with Crippen LogP contribution >= 0.6 is 11.3 Å². The SMILES string of the molecule is CC(=O)Oc1ccccc1C(=O)Nc1ccc(C2=N[C@@H](C(C)C(=O)O)c3nnc(C)n3-c3sc(C)c(C)c32)cc1. The van der Waals surface area contributed by atoms with Gasteiger partial charge in [0.15, 0.2) is 5.82 Å². The van der Waals surface area contributed by atoms with Gasteiger partial charge in [0.05, 0.1) is 17.2 Å². The second-order valence-electron chi connectivity index (χ2n) is 9.57. The third-order valence-electron chi connectivity index (χ3n) is 6.85. The molecule has 11 heteroatoms. The average Bonchev–Trinajstić information content (AvgIpc) is 3.38. The molecule has 5 rings (SSSR count). The second-order valence-corrected chi connectivity index (χ2v) is 10.8. The predicted molar refractivity (Wildman–Crippen MR) is 151 cm³/mol. The lowest BCUT2D eigenvalue weighted by Crippen LogP contribution is -2.21. The molecule has 2 atom stereocenters. The van der Waals surface area contributed by atoms with Gasteiger partial charge < -0.3 is 15.2 Å². The van der Waals surface area contributed by atoms with E-state index in [1.54, 1.807) is 54.7 Å². The molecule has 1 amide bonds. The lowest BCUT2D eigenvalue weighted by molar-refractivity contribution is -0.142. The summed E-state index contributed by atoms with van der Waals surface area (Å²) in [6, 6.07) is 12.9. The Balaban J connectivity index is 1.54. The summed E-state index contributed by atoms with van der Waals surface area (Å²) in [7, 11) is 0. The first-order chi connectivity index (χ1) is 19.1. The highest BCUT2D eigenvalue weighted by atomic mass is 32.1. The van der Waals surface area contributed by atoms with E-state index in [4.69, 9.17) is 9.73 Å². The predicted octanol–water partition coefficient (Wildman–Crippen LogP) is 5.04. The van der Waals surface area contributed by atoms with Crippen LogP contribution in [0.1, 0.15) is 63.5 Å². The molecule has 1 aliphatic heterocycles. The molecular formula is C29H27N5O5S. The van der Waals surface area contributed by atoms with Gasteiger partial charge >= 0.3 is 11.9 Å². The summed E-state index contributed by atoms with van der Waals surface area (Å²) in [5.41, 5.74) is 4.12. The van der Waals surface area contributed by atoms with E-state index >= 15 is 0 Å². The van der Waals surface area contributed by atoms with Gasteiger partial charge in [-0.3, -0.25) is 23.9 Å². The number of hydrogen-bond acceptors (Lipinski definition) is 8. The Labute approximate surface area is 234 Å². The smallest absolute Gasteiger partial charge is 0.308 e. The molecule has 0 radical (unpaired) electrons. The second kappa shape index (κ2) is 10.5. The fourth-order valence-electron chi connectivity index (χ4n) is 4.63. The summed E-state index contributed by atoms with van der Waals surface area (Å²) in [4.78, 5) is 42.6. The molecule has 0 fully saturated rings. The molecule has 10 nitrogen and oxygen atoms in total. The molecule has 0 bridgehead atoms. The minimum atomic E-state index is -0.981. The van der Waals surface area contributed by atoms with Crippen LogP contribution in [0.15, 0.2) is 53.5 Å². The van der Waals surface area contributed by atoms with Crippen molar-refractivity contribution < 1.29 is 24.2 Å². The highest BCUT2D eigenvalue weighted by Crippen LogP contribution is 2.40. The third kappa shape index (κ3) is 4.79. The minimum absolute atomic E-state index is 0.175. The van der Waals surface area contributed by atoms with Crippen LogP contribution in [0, 0.1) is 26.7 Å². The number of carboxylic acid groups (broad SMARTS) is 1. The van der Waals surface area contributed by atoms with E-state index in [9.17, 15) is 19.5 Å². The van der Waals surface area contributed by atoms with Crippen LogP contribution in [0.5, 0.6) is 5.75 Å². The maximum absolute atomic E-state index is 13.0. The van der Waals surface area contributed by atoms with Crippen LogP contribution in [0.3, 0.4) is 0 Å². The molecule has 2 N–H and O–H groups in total. The number of aromatic nitrogens is 3. The quantitative estimate of drug-likeness (QED) is 0.250. The van der Waals surface area contributed by atoms with E-state index in [-0.39, 0.29) is 11.3 Å². The fourth-order valence-corrected chi connectivity index (χ4v) is 5.84. The zero-order chi connectivity index (χ0) is 28.7. The number of aliphatic carboxylic acids is 1. The zero-order valence-corrected chi connectivity index (χ0v) is 23.4. The Morgan fingerprint density at radius 2 is 1.75 bits per heavy atom. The van der Waals surface area contributed by atoms with Crippen LogP contribution < -0.4 is 10.1 Å². The number of anilines is 1. The summed E-state index contributed by atoms with van der Waals surface area (Å²) >= 11 is 1.59. The Kier molecular flexibility index (Phi) is 7.07. The Hall–Kier alpha value is -4.64. The van der Waals surface area contributed by atoms with E-state index in [0.717, 1.165) is 26.6 Å². The first-order valence-corrected chi connectivity index (χ1v) is 13.4. The number of amides is 1. The highest BCUT2D eigenvalue weighted by molar-refractivity contribution is 7.15. The number of hydrogen-bond donors (Lipinski definition) is 2. The number of fused-ring (bicyclic) bond motifs is 3. The van der Waals surface area contributed by atoms with Crippen molar-refractivity contribution >= 4 is 40.6 Å². The summed E-state index contributed by atoms with van der Waals surface area (Å²) in [5.74, 6) is -1.45. The number of ether oxygens (including phenoxy) is 1. The normalized spacial score (nSPS) is 14.8. The number of carbonyl (C=O) groups excluding carboxylic acids is 2. The number of thiophene rings is 1. The molecule has 3 heterocycles. The van der Waals surface area contributed by atoms with Crippen LogP contribution in [-0.4, -0.2) is 43.4 Å². The van der Waals surface area contributed by atoms with E-state index in [1.165, 1.54) is 6.92 Å². The van der Waals surface area contributed by atoms with Gasteiger partial charge in [0.1, 0.15) is 22.6 Å². The molecule has 0 saturated heterocycles. The Bertz CT molecular complexity index is 1690. The van der Waals surface area contributed by atoms with Crippen molar-refractivity contribution in [3.05, 3.63) is 87.3 Å². The van der Waals surface area contributed by atoms with Crippen molar-refractivity contribution in [2.24, 2.45) is 10.9 Å². The van der Waals surface area contributed by atoms with E-state index in [1.807, 2.05) is 37.5 Å². The van der Waals surface area contributed by atoms with E-state index < -0.39 is 29.8 Å². The fraction of sp³-hybridized carbons (Fsp3) is 0.241. The van der Waals surface area contributed by atoms with E-state index in [2.05, 4.69) is 15.5 Å². The minimum Gasteiger partial charge on any atom is -0.481 e. The van der Waals surface area contributed by atoms with Crippen molar-refractivity contribution in [1.29, 1.82) is 0 Å². The molecule has 1 aliphatic rings. The van der Waals surface area contributed by atoms with Crippen molar-refractivity contribution in [2.75, 3.05) is 5.32 Å². The van der Waals surface area contributed by atoms with Crippen LogP contribution in [0.4, 0.5) is 5.69 Å². The van der Waals surface area contributed by atoms with Gasteiger partial charge in [0.2, 0.25) is 0 Å². The maximum Gasteiger partial charge on any atom is 0.308 e. The topological polar surface area (TPSA) is 136 Å². The number of nitrogens with zero attached hydrogens (tertiary/aromatic N) is 4. The summed E-state index contributed by atoms with van der Waals surface area (Å²) in [6.07, 6.45) is 0. The first kappa shape index (κ1) is 26.9. The maximum atomic E-state index is 13.0. The van der Waals surface area contributed by atoms with Crippen LogP contribution in [-0.2, 0) is 9.59 Å². The van der Waals surface area contributed by atoms with Crippen LogP contribution in [0.25, 0.3) is 5.00 Å². The number of aliphatic imine (C=N–C) groups is 1. The van der Waals surface area contributed by atoms with Gasteiger partial charge in [-0.2, -0.15) is 0 Å². The number of esters is 1. The standard InChI is InChI=1S/C29H27N5O5S/c1-14-16(3)40-28-23(14)25(31-24(15(2)29(37)38)26-33-32-17(4)34(26)28)19-10-12-20(13-11-19)30-27(36)21-8-6-7-9-22(21)39-18(5)35/h6-13,15,24H,1-5H3,(H,30,36)(H,37,38)/t15?,24-/m0/s1. The average molecular weight is 558 g/mol. The van der Waals surface area contributed by atoms with Crippen molar-refractivity contribution in [1.82, 2.24) is 14.8 Å². The molecule has 0 spiro atoms. The zero-order valence-electron chi connectivity index (χ0n) is 22.6. The molecule has 4 aromatic rings. The summed E-state index contributed by atoms with van der Waals surface area (Å²) < 4.78 is 7.08. The molecule has 0 aliphatic carbocycles. The van der Waals surface area contributed by atoms with Crippen molar-refractivity contribution in [3.63, 3.8) is 0 Å². The third-order valence-corrected chi connectivity index (χ3v) is 8.05. The van der Waals surface area contributed by atoms with Crippen LogP contribution in [0.2, 0.25) is 0 Å². The van der Waals surface area contributed by atoms with Crippen molar-refractivity contribution in [2.45, 2.75) is 40.7 Å². The summed E-state index contributed by atoms with van der Waals surface area (Å²) in [6.45, 7) is 8.80. The Morgan fingerprint density at radius 1 is 1.05 bits per heavy atom.